The van der Waals surface area contributed by atoms with Gasteiger partial charge in [0.05, 0.1) is 38.8 Å². The molecule has 3 heterocycles. The van der Waals surface area contributed by atoms with Crippen LogP contribution in [0.4, 0.5) is 0 Å². The summed E-state index contributed by atoms with van der Waals surface area (Å²) in [5, 5.41) is 21.0. The Hall–Kier alpha value is -4.35. The Balaban J connectivity index is 0.00000405. The fourth-order valence-electron chi connectivity index (χ4n) is 4.47. The third-order valence-corrected chi connectivity index (χ3v) is 9.12. The van der Waals surface area contributed by atoms with E-state index in [-0.39, 0.29) is 47.3 Å². The van der Waals surface area contributed by atoms with Crippen LogP contribution in [0.1, 0.15) is 23.2 Å². The monoisotopic (exact) mass is 611 g/mol. The molecule has 0 aliphatic rings. The van der Waals surface area contributed by atoms with Crippen molar-refractivity contribution in [2.45, 2.75) is 18.4 Å². The van der Waals surface area contributed by atoms with Crippen molar-refractivity contribution in [3.8, 4) is 22.9 Å². The number of nitrogens with one attached hydrogen (secondary N) is 1. The molecule has 2 aromatic carbocycles. The number of benzene rings is 2. The van der Waals surface area contributed by atoms with Crippen molar-refractivity contribution in [2.75, 3.05) is 13.7 Å². The lowest BCUT2D eigenvalue weighted by Gasteiger charge is -2.16. The number of thiophene rings is 1. The zero-order chi connectivity index (χ0) is 29.5. The summed E-state index contributed by atoms with van der Waals surface area (Å²) < 4.78 is 35.3. The minimum atomic E-state index is -3.94. The van der Waals surface area contributed by atoms with Gasteiger partial charge in [-0.3, -0.25) is 14.3 Å². The molecule has 2 N–H and O–H groups in total. The topological polar surface area (TPSA) is 164 Å². The average Bonchev–Trinajstić information content (AvgIpc) is 3.39. The number of pyridine rings is 1. The number of aromatic carboxylic acids is 1. The second-order valence-corrected chi connectivity index (χ2v) is 11.9. The van der Waals surface area contributed by atoms with Crippen molar-refractivity contribution in [1.82, 2.24) is 19.3 Å². The third-order valence-electron chi connectivity index (χ3n) is 6.43. The first-order chi connectivity index (χ1) is 19.6. The number of fused-ring (bicyclic) bond motifs is 2. The first-order valence-corrected chi connectivity index (χ1v) is 14.7. The molecule has 5 aromatic rings. The first-order valence-electron chi connectivity index (χ1n) is 12.0. The van der Waals surface area contributed by atoms with Crippen LogP contribution in [0, 0.1) is 18.3 Å². The van der Waals surface area contributed by atoms with Gasteiger partial charge in [0.2, 0.25) is 10.0 Å². The predicted octanol–water partition coefficient (Wildman–Crippen LogP) is 4.44. The Morgan fingerprint density at radius 2 is 2.02 bits per heavy atom. The van der Waals surface area contributed by atoms with Crippen LogP contribution in [0.3, 0.4) is 0 Å². The molecule has 0 bridgehead atoms. The Bertz CT molecular complexity index is 2090. The molecule has 5 rings (SSSR count). The Morgan fingerprint density at radius 3 is 2.73 bits per heavy atom. The van der Waals surface area contributed by atoms with Crippen LogP contribution in [0.5, 0.6) is 5.75 Å². The summed E-state index contributed by atoms with van der Waals surface area (Å²) in [4.78, 5) is 33.5. The van der Waals surface area contributed by atoms with Gasteiger partial charge in [-0.15, -0.1) is 11.3 Å². The van der Waals surface area contributed by atoms with Crippen molar-refractivity contribution >= 4 is 60.0 Å². The van der Waals surface area contributed by atoms with Gasteiger partial charge in [-0.05, 0) is 50.4 Å². The van der Waals surface area contributed by atoms with Crippen molar-refractivity contribution < 1.29 is 24.5 Å². The van der Waals surface area contributed by atoms with Crippen LogP contribution in [0.15, 0.2) is 57.7 Å². The molecule has 0 unspecified atom stereocenters. The standard InChI is InChI=1S/C27H20ClN5O6S2.H2/c1-14-32-24-21(41(37,38)30-2)6-3-15(12-29)22(24)26(34)33(14)9-10-39-20-5-4-16(28)11-18(20)17-7-8-31-23-19(27(35)36)13-40-25(17)23;/h3-8,11,13,30H,9-10H2,1-2H3,(H,35,36);1H. The molecule has 210 valence electrons. The summed E-state index contributed by atoms with van der Waals surface area (Å²) in [7, 11) is -2.70. The summed E-state index contributed by atoms with van der Waals surface area (Å²) in [5.74, 6) is -0.407. The molecule has 0 amide bonds. The lowest BCUT2D eigenvalue weighted by molar-refractivity contribution is 0.0699. The van der Waals surface area contributed by atoms with E-state index in [1.165, 1.54) is 46.7 Å². The zero-order valence-electron chi connectivity index (χ0n) is 21.5. The molecule has 0 spiro atoms. The maximum Gasteiger partial charge on any atom is 0.338 e. The molecule has 0 fully saturated rings. The maximum absolute atomic E-state index is 13.5. The van der Waals surface area contributed by atoms with Gasteiger partial charge in [0.1, 0.15) is 29.1 Å². The van der Waals surface area contributed by atoms with Gasteiger partial charge in [-0.25, -0.2) is 22.9 Å². The number of ether oxygens (including phenoxy) is 1. The molecule has 11 nitrogen and oxygen atoms in total. The minimum Gasteiger partial charge on any atom is -0.491 e. The highest BCUT2D eigenvalue weighted by atomic mass is 35.5. The molecule has 0 saturated heterocycles. The highest BCUT2D eigenvalue weighted by Gasteiger charge is 2.23. The largest absolute Gasteiger partial charge is 0.491 e. The van der Waals surface area contributed by atoms with E-state index in [0.29, 0.717) is 32.1 Å². The second-order valence-electron chi connectivity index (χ2n) is 8.75. The van der Waals surface area contributed by atoms with Gasteiger partial charge in [0.15, 0.2) is 0 Å². The van der Waals surface area contributed by atoms with Crippen LogP contribution < -0.4 is 15.0 Å². The van der Waals surface area contributed by atoms with Gasteiger partial charge >= 0.3 is 5.97 Å². The lowest BCUT2D eigenvalue weighted by atomic mass is 10.0. The highest BCUT2D eigenvalue weighted by molar-refractivity contribution is 7.89. The first kappa shape index (κ1) is 28.2. The van der Waals surface area contributed by atoms with E-state index >= 15 is 0 Å². The zero-order valence-corrected chi connectivity index (χ0v) is 23.9. The maximum atomic E-state index is 13.5. The Kier molecular flexibility index (Phi) is 7.50. The predicted molar refractivity (Wildman–Crippen MR) is 156 cm³/mol. The van der Waals surface area contributed by atoms with Crippen LogP contribution in [-0.2, 0) is 16.6 Å². The number of nitrogens with zero attached hydrogens (tertiary/aromatic N) is 4. The highest BCUT2D eigenvalue weighted by Crippen LogP contribution is 2.39. The Morgan fingerprint density at radius 1 is 1.24 bits per heavy atom. The number of halogens is 1. The average molecular weight is 612 g/mol. The van der Waals surface area contributed by atoms with Crippen LogP contribution >= 0.6 is 22.9 Å². The van der Waals surface area contributed by atoms with E-state index < -0.39 is 21.6 Å². The number of aromatic nitrogens is 3. The third kappa shape index (κ3) is 5.02. The van der Waals surface area contributed by atoms with Crippen molar-refractivity contribution in [2.24, 2.45) is 0 Å². The van der Waals surface area contributed by atoms with E-state index in [0.717, 1.165) is 0 Å². The minimum absolute atomic E-state index is 0. The molecule has 0 aliphatic carbocycles. The number of hydrogen-bond donors (Lipinski definition) is 2. The molecular weight excluding hydrogens is 590 g/mol. The van der Waals surface area contributed by atoms with Gasteiger partial charge in [0, 0.05) is 29.2 Å². The van der Waals surface area contributed by atoms with E-state index in [2.05, 4.69) is 14.7 Å². The number of carboxylic acids is 1. The van der Waals surface area contributed by atoms with E-state index in [1.807, 2.05) is 6.07 Å². The quantitative estimate of drug-likeness (QED) is 0.258. The molecule has 3 aromatic heterocycles. The van der Waals surface area contributed by atoms with Gasteiger partial charge in [-0.1, -0.05) is 11.6 Å². The number of hydrogen-bond acceptors (Lipinski definition) is 9. The van der Waals surface area contributed by atoms with Crippen molar-refractivity contribution in [3.05, 3.63) is 80.3 Å². The molecular formula is C27H22ClN5O6S2. The molecule has 0 aliphatic heterocycles. The second kappa shape index (κ2) is 10.9. The number of nitriles is 1. The number of aryl methyl sites for hydroxylation is 1. The van der Waals surface area contributed by atoms with Gasteiger partial charge in [-0.2, -0.15) is 5.26 Å². The fourth-order valence-corrected chi connectivity index (χ4v) is 6.54. The van der Waals surface area contributed by atoms with Gasteiger partial charge in [0.25, 0.3) is 5.56 Å². The fraction of sp³-hybridized carbons (Fsp3) is 0.148. The SMILES string of the molecule is CNS(=O)(=O)c1ccc(C#N)c2c(=O)n(CCOc3ccc(Cl)cc3-c3ccnc4c(C(=O)O)csc34)c(C)nc12.[HH]. The lowest BCUT2D eigenvalue weighted by Crippen LogP contribution is -2.28. The van der Waals surface area contributed by atoms with E-state index in [4.69, 9.17) is 16.3 Å². The van der Waals surface area contributed by atoms with Gasteiger partial charge < -0.3 is 9.84 Å². The number of sulfonamides is 1. The summed E-state index contributed by atoms with van der Waals surface area (Å²) >= 11 is 7.54. The molecule has 14 heteroatoms. The van der Waals surface area contributed by atoms with E-state index in [1.54, 1.807) is 31.2 Å². The van der Waals surface area contributed by atoms with Crippen molar-refractivity contribution in [3.63, 3.8) is 0 Å². The molecule has 0 radical (unpaired) electrons. The summed E-state index contributed by atoms with van der Waals surface area (Å²) in [6.07, 6.45) is 1.51. The summed E-state index contributed by atoms with van der Waals surface area (Å²) in [6.45, 7) is 1.61. The van der Waals surface area contributed by atoms with Crippen molar-refractivity contribution in [1.29, 1.82) is 5.26 Å². The normalized spacial score (nSPS) is 11.6. The van der Waals surface area contributed by atoms with Crippen LogP contribution in [0.25, 0.3) is 32.2 Å². The smallest absolute Gasteiger partial charge is 0.338 e. The summed E-state index contributed by atoms with van der Waals surface area (Å²) in [6, 6.07) is 11.2. The number of rotatable bonds is 8. The number of carboxylic acid groups (broad SMARTS) is 1. The Labute approximate surface area is 243 Å². The molecule has 0 saturated carbocycles. The van der Waals surface area contributed by atoms with Crippen LogP contribution in [-0.4, -0.2) is 47.7 Å². The van der Waals surface area contributed by atoms with Crippen LogP contribution in [0.2, 0.25) is 5.02 Å². The summed E-state index contributed by atoms with van der Waals surface area (Å²) in [5.41, 5.74) is 1.08. The number of carbonyl (C=O) groups is 1. The van der Waals surface area contributed by atoms with E-state index in [9.17, 15) is 28.4 Å². The molecule has 41 heavy (non-hydrogen) atoms. The molecule has 0 atom stereocenters.